The quantitative estimate of drug-likeness (QED) is 0.225. The van der Waals surface area contributed by atoms with Crippen LogP contribution in [0.3, 0.4) is 0 Å². The van der Waals surface area contributed by atoms with E-state index in [1.165, 1.54) is 48.4 Å². The molecule has 0 fully saturated rings. The van der Waals surface area contributed by atoms with E-state index in [0.717, 1.165) is 24.3 Å². The van der Waals surface area contributed by atoms with Gasteiger partial charge in [-0.2, -0.15) is 25.3 Å². The smallest absolute Gasteiger partial charge is 0.0672 e. The number of thiophene rings is 1. The molecular weight excluding hydrogens is 447 g/mol. The van der Waals surface area contributed by atoms with Gasteiger partial charge in [-0.05, 0) is 65.8 Å². The number of thiol groups is 2. The Kier molecular flexibility index (Phi) is 6.44. The van der Waals surface area contributed by atoms with Crippen molar-refractivity contribution in [3.63, 3.8) is 0 Å². The fraction of sp³-hybridized carbons (Fsp3) is 0.143. The predicted octanol–water partition coefficient (Wildman–Crippen LogP) is 8.47. The van der Waals surface area contributed by atoms with Gasteiger partial charge in [-0.15, -0.1) is 11.3 Å². The van der Waals surface area contributed by atoms with E-state index in [-0.39, 0.29) is 0 Å². The summed E-state index contributed by atoms with van der Waals surface area (Å²) in [5.41, 5.74) is 6.27. The Bertz CT molecular complexity index is 1300. The highest BCUT2D eigenvalue weighted by molar-refractivity contribution is 7.80. The van der Waals surface area contributed by atoms with Crippen LogP contribution in [0.25, 0.3) is 20.2 Å². The van der Waals surface area contributed by atoms with Crippen molar-refractivity contribution < 1.29 is 0 Å². The summed E-state index contributed by atoms with van der Waals surface area (Å²) in [4.78, 5) is 2.41. The minimum atomic E-state index is 0.812. The SMILES string of the molecule is SCCc1ccc2c(c1)sc1c(N(c3ccccc3)c3ccccc3)c(CCS)ccc12. The minimum Gasteiger partial charge on any atom is -0.309 e. The number of rotatable bonds is 7. The Morgan fingerprint density at radius 3 is 1.91 bits per heavy atom. The zero-order chi connectivity index (χ0) is 21.9. The van der Waals surface area contributed by atoms with Crippen molar-refractivity contribution in [3.05, 3.63) is 102 Å². The van der Waals surface area contributed by atoms with Gasteiger partial charge in [-0.1, -0.05) is 60.7 Å². The Hall–Kier alpha value is -2.40. The molecule has 0 saturated carbocycles. The van der Waals surface area contributed by atoms with Crippen LogP contribution in [0.2, 0.25) is 0 Å². The monoisotopic (exact) mass is 471 g/mol. The lowest BCUT2D eigenvalue weighted by Gasteiger charge is -2.28. The van der Waals surface area contributed by atoms with Crippen molar-refractivity contribution in [1.82, 2.24) is 0 Å². The predicted molar refractivity (Wildman–Crippen MR) is 149 cm³/mol. The summed E-state index contributed by atoms with van der Waals surface area (Å²) in [5.74, 6) is 1.68. The van der Waals surface area contributed by atoms with Crippen LogP contribution in [0, 0.1) is 0 Å². The van der Waals surface area contributed by atoms with Crippen LogP contribution < -0.4 is 4.90 Å². The van der Waals surface area contributed by atoms with Crippen molar-refractivity contribution in [3.8, 4) is 0 Å². The number of fused-ring (bicyclic) bond motifs is 3. The van der Waals surface area contributed by atoms with Gasteiger partial charge in [0.15, 0.2) is 0 Å². The first-order valence-electron chi connectivity index (χ1n) is 10.9. The van der Waals surface area contributed by atoms with E-state index in [9.17, 15) is 0 Å². The average Bonchev–Trinajstić information content (AvgIpc) is 3.20. The molecule has 0 unspecified atom stereocenters. The summed E-state index contributed by atoms with van der Waals surface area (Å²) in [6, 6.07) is 32.8. The lowest BCUT2D eigenvalue weighted by atomic mass is 10.0. The van der Waals surface area contributed by atoms with Crippen LogP contribution in [0.1, 0.15) is 11.1 Å². The fourth-order valence-corrected chi connectivity index (χ4v) is 6.15. The van der Waals surface area contributed by atoms with Gasteiger partial charge in [0, 0.05) is 26.8 Å². The molecule has 0 spiro atoms. The number of benzene rings is 4. The number of hydrogen-bond donors (Lipinski definition) is 2. The molecule has 4 aromatic carbocycles. The van der Waals surface area contributed by atoms with E-state index in [1.807, 2.05) is 11.3 Å². The summed E-state index contributed by atoms with van der Waals surface area (Å²) in [6.45, 7) is 0. The highest BCUT2D eigenvalue weighted by Gasteiger charge is 2.21. The third-order valence-corrected chi connectivity index (χ3v) is 7.42. The molecule has 0 atom stereocenters. The van der Waals surface area contributed by atoms with Gasteiger partial charge in [-0.25, -0.2) is 0 Å². The van der Waals surface area contributed by atoms with Gasteiger partial charge in [0.25, 0.3) is 0 Å². The topological polar surface area (TPSA) is 3.24 Å². The summed E-state index contributed by atoms with van der Waals surface area (Å²) >= 11 is 10.9. The minimum absolute atomic E-state index is 0.812. The van der Waals surface area contributed by atoms with Crippen molar-refractivity contribution >= 4 is 73.8 Å². The van der Waals surface area contributed by atoms with Crippen LogP contribution in [0.15, 0.2) is 91.0 Å². The van der Waals surface area contributed by atoms with Gasteiger partial charge in [-0.3, -0.25) is 0 Å². The third kappa shape index (κ3) is 4.03. The van der Waals surface area contributed by atoms with Crippen molar-refractivity contribution in [2.45, 2.75) is 12.8 Å². The number of para-hydroxylation sites is 2. The van der Waals surface area contributed by atoms with Crippen LogP contribution in [0.5, 0.6) is 0 Å². The molecule has 0 aliphatic heterocycles. The summed E-state index contributed by atoms with van der Waals surface area (Å²) < 4.78 is 2.67. The standard InChI is InChI=1S/C28H25NS3/c30-17-15-20-11-13-24-25-14-12-21(16-18-31)27(28(25)32-26(24)19-20)29(22-7-3-1-4-8-22)23-9-5-2-6-10-23/h1-14,19,30-31H,15-18H2. The maximum absolute atomic E-state index is 4.58. The molecule has 0 amide bonds. The van der Waals surface area contributed by atoms with E-state index in [1.54, 1.807) is 0 Å². The fourth-order valence-electron chi connectivity index (χ4n) is 4.32. The molecule has 5 aromatic rings. The highest BCUT2D eigenvalue weighted by Crippen LogP contribution is 2.46. The first-order chi connectivity index (χ1) is 15.8. The van der Waals surface area contributed by atoms with Crippen molar-refractivity contribution in [1.29, 1.82) is 0 Å². The third-order valence-electron chi connectivity index (χ3n) is 5.80. The first-order valence-corrected chi connectivity index (χ1v) is 13.0. The van der Waals surface area contributed by atoms with Crippen molar-refractivity contribution in [2.24, 2.45) is 0 Å². The number of nitrogens with zero attached hydrogens (tertiary/aromatic N) is 1. The van der Waals surface area contributed by atoms with Crippen LogP contribution >= 0.6 is 36.6 Å². The van der Waals surface area contributed by atoms with E-state index in [4.69, 9.17) is 0 Å². The molecule has 160 valence electrons. The molecule has 0 bridgehead atoms. The van der Waals surface area contributed by atoms with Gasteiger partial charge in [0.1, 0.15) is 0 Å². The molecule has 0 aliphatic rings. The van der Waals surface area contributed by atoms with E-state index < -0.39 is 0 Å². The summed E-state index contributed by atoms with van der Waals surface area (Å²) in [6.07, 6.45) is 1.91. The Labute approximate surface area is 204 Å². The van der Waals surface area contributed by atoms with Gasteiger partial charge < -0.3 is 4.90 Å². The molecule has 1 heterocycles. The number of aryl methyl sites for hydroxylation is 2. The molecule has 5 rings (SSSR count). The maximum atomic E-state index is 4.58. The zero-order valence-electron chi connectivity index (χ0n) is 17.7. The lowest BCUT2D eigenvalue weighted by molar-refractivity contribution is 1.14. The van der Waals surface area contributed by atoms with Crippen LogP contribution in [0.4, 0.5) is 17.1 Å². The largest absolute Gasteiger partial charge is 0.309 e. The molecule has 0 aliphatic carbocycles. The number of anilines is 3. The molecular formula is C28H25NS3. The van der Waals surface area contributed by atoms with Gasteiger partial charge in [0.2, 0.25) is 0 Å². The second-order valence-corrected chi connectivity index (χ2v) is 9.78. The summed E-state index contributed by atoms with van der Waals surface area (Å²) in [5, 5.41) is 2.64. The van der Waals surface area contributed by atoms with E-state index in [2.05, 4.69) is 121 Å². The molecule has 32 heavy (non-hydrogen) atoms. The summed E-state index contributed by atoms with van der Waals surface area (Å²) in [7, 11) is 0. The second kappa shape index (κ2) is 9.62. The maximum Gasteiger partial charge on any atom is 0.0672 e. The molecule has 1 aromatic heterocycles. The highest BCUT2D eigenvalue weighted by atomic mass is 32.1. The van der Waals surface area contributed by atoms with Gasteiger partial charge in [0.05, 0.1) is 10.4 Å². The zero-order valence-corrected chi connectivity index (χ0v) is 20.3. The van der Waals surface area contributed by atoms with Gasteiger partial charge >= 0.3 is 0 Å². The molecule has 0 N–H and O–H groups in total. The molecule has 4 heteroatoms. The Morgan fingerprint density at radius 1 is 0.656 bits per heavy atom. The van der Waals surface area contributed by atoms with Crippen LogP contribution in [-0.4, -0.2) is 11.5 Å². The Morgan fingerprint density at radius 2 is 1.28 bits per heavy atom. The van der Waals surface area contributed by atoms with E-state index >= 15 is 0 Å². The normalized spacial score (nSPS) is 11.3. The lowest BCUT2D eigenvalue weighted by Crippen LogP contribution is -2.12. The van der Waals surface area contributed by atoms with E-state index in [0.29, 0.717) is 0 Å². The Balaban J connectivity index is 1.82. The average molecular weight is 472 g/mol. The van der Waals surface area contributed by atoms with Crippen molar-refractivity contribution in [2.75, 3.05) is 16.4 Å². The molecule has 1 nitrogen and oxygen atoms in total. The second-order valence-electron chi connectivity index (χ2n) is 7.84. The van der Waals surface area contributed by atoms with Crippen LogP contribution in [-0.2, 0) is 12.8 Å². The molecule has 0 saturated heterocycles. The number of hydrogen-bond acceptors (Lipinski definition) is 4. The first kappa shape index (κ1) is 21.4. The molecule has 0 radical (unpaired) electrons.